The molecule has 0 radical (unpaired) electrons. The Balaban J connectivity index is 2.14. The maximum absolute atomic E-state index is 8.70. The Morgan fingerprint density at radius 2 is 2.07 bits per heavy atom. The van der Waals surface area contributed by atoms with E-state index in [2.05, 4.69) is 24.9 Å². The van der Waals surface area contributed by atoms with Crippen LogP contribution in [0.25, 0.3) is 0 Å². The predicted octanol–water partition coefficient (Wildman–Crippen LogP) is 2.80. The third kappa shape index (κ3) is 3.67. The molecule has 0 aromatic heterocycles. The summed E-state index contributed by atoms with van der Waals surface area (Å²) >= 11 is 0. The van der Waals surface area contributed by atoms with E-state index in [1.54, 1.807) is 0 Å². The third-order valence-electron chi connectivity index (χ3n) is 3.16. The molecule has 1 fully saturated rings. The van der Waals surface area contributed by atoms with Gasteiger partial charge in [0.05, 0.1) is 6.07 Å². The van der Waals surface area contributed by atoms with E-state index in [4.69, 9.17) is 5.26 Å². The van der Waals surface area contributed by atoms with Gasteiger partial charge in [-0.1, -0.05) is 19.8 Å². The van der Waals surface area contributed by atoms with E-state index in [-0.39, 0.29) is 0 Å². The van der Waals surface area contributed by atoms with Crippen LogP contribution in [0.4, 0.5) is 0 Å². The first-order valence-corrected chi connectivity index (χ1v) is 5.78. The van der Waals surface area contributed by atoms with Gasteiger partial charge in [0.2, 0.25) is 0 Å². The third-order valence-corrected chi connectivity index (χ3v) is 3.16. The van der Waals surface area contributed by atoms with Gasteiger partial charge in [0.25, 0.3) is 0 Å². The van der Waals surface area contributed by atoms with Crippen molar-refractivity contribution in [3.8, 4) is 6.07 Å². The lowest BCUT2D eigenvalue weighted by atomic mass is 10.0. The largest absolute Gasteiger partial charge is 0.306 e. The lowest BCUT2D eigenvalue weighted by Crippen LogP contribution is -2.27. The fraction of sp³-hybridized carbons (Fsp3) is 0.917. The lowest BCUT2D eigenvalue weighted by molar-refractivity contribution is 0.260. The molecule has 0 N–H and O–H groups in total. The molecule has 0 unspecified atom stereocenters. The predicted molar refractivity (Wildman–Crippen MR) is 58.9 cm³/mol. The minimum absolute atomic E-state index is 0.385. The van der Waals surface area contributed by atoms with Crippen LogP contribution in [0, 0.1) is 16.7 Å². The highest BCUT2D eigenvalue weighted by atomic mass is 15.1. The van der Waals surface area contributed by atoms with Crippen LogP contribution < -0.4 is 0 Å². The van der Waals surface area contributed by atoms with Crippen LogP contribution in [-0.4, -0.2) is 25.0 Å². The summed E-state index contributed by atoms with van der Waals surface area (Å²) in [5.74, 6) is 0. The molecule has 0 saturated heterocycles. The Morgan fingerprint density at radius 1 is 1.36 bits per heavy atom. The Morgan fingerprint density at radius 3 is 2.57 bits per heavy atom. The number of nitriles is 1. The standard InChI is InChI=1S/C12H22N2/c1-3-4-5-10-14(2)11-12(6-7-12)8-9-13/h3-8,10-11H2,1-2H3. The second-order valence-corrected chi connectivity index (χ2v) is 4.78. The summed E-state index contributed by atoms with van der Waals surface area (Å²) in [6.07, 6.45) is 7.20. The Kier molecular flexibility index (Phi) is 4.41. The summed E-state index contributed by atoms with van der Waals surface area (Å²) in [6, 6.07) is 2.32. The zero-order valence-corrected chi connectivity index (χ0v) is 9.55. The summed E-state index contributed by atoms with van der Waals surface area (Å²) < 4.78 is 0. The first kappa shape index (κ1) is 11.5. The molecule has 1 aliphatic rings. The summed E-state index contributed by atoms with van der Waals surface area (Å²) in [7, 11) is 2.19. The van der Waals surface area contributed by atoms with Crippen LogP contribution in [-0.2, 0) is 0 Å². The van der Waals surface area contributed by atoms with Crippen molar-refractivity contribution >= 4 is 0 Å². The molecule has 0 amide bonds. The van der Waals surface area contributed by atoms with Gasteiger partial charge in [-0.05, 0) is 38.3 Å². The molecule has 0 heterocycles. The van der Waals surface area contributed by atoms with Crippen molar-refractivity contribution in [2.24, 2.45) is 5.41 Å². The molecule has 0 atom stereocenters. The first-order valence-electron chi connectivity index (χ1n) is 5.78. The average molecular weight is 194 g/mol. The van der Waals surface area contributed by atoms with Crippen molar-refractivity contribution in [2.75, 3.05) is 20.1 Å². The molecule has 0 aliphatic heterocycles. The highest BCUT2D eigenvalue weighted by molar-refractivity contribution is 5.00. The van der Waals surface area contributed by atoms with E-state index in [0.29, 0.717) is 5.41 Å². The van der Waals surface area contributed by atoms with Gasteiger partial charge in [-0.25, -0.2) is 0 Å². The first-order chi connectivity index (χ1) is 6.72. The van der Waals surface area contributed by atoms with Crippen LogP contribution in [0.3, 0.4) is 0 Å². The Bertz CT molecular complexity index is 201. The van der Waals surface area contributed by atoms with E-state index >= 15 is 0 Å². The number of hydrogen-bond acceptors (Lipinski definition) is 2. The number of unbranched alkanes of at least 4 members (excludes halogenated alkanes) is 2. The molecule has 0 spiro atoms. The van der Waals surface area contributed by atoms with Crippen molar-refractivity contribution in [3.63, 3.8) is 0 Å². The highest BCUT2D eigenvalue weighted by Gasteiger charge is 2.42. The van der Waals surface area contributed by atoms with Crippen molar-refractivity contribution < 1.29 is 0 Å². The van der Waals surface area contributed by atoms with Gasteiger partial charge < -0.3 is 4.90 Å². The molecular weight excluding hydrogens is 172 g/mol. The minimum atomic E-state index is 0.385. The Labute approximate surface area is 87.9 Å². The molecular formula is C12H22N2. The molecule has 80 valence electrons. The maximum atomic E-state index is 8.70. The summed E-state index contributed by atoms with van der Waals surface area (Å²) in [4.78, 5) is 2.40. The van der Waals surface area contributed by atoms with Gasteiger partial charge in [-0.15, -0.1) is 0 Å². The van der Waals surface area contributed by atoms with E-state index < -0.39 is 0 Å². The quantitative estimate of drug-likeness (QED) is 0.583. The van der Waals surface area contributed by atoms with Crippen LogP contribution >= 0.6 is 0 Å². The van der Waals surface area contributed by atoms with Crippen molar-refractivity contribution in [2.45, 2.75) is 45.4 Å². The highest BCUT2D eigenvalue weighted by Crippen LogP contribution is 2.48. The summed E-state index contributed by atoms with van der Waals surface area (Å²) in [5.41, 5.74) is 0.385. The maximum Gasteiger partial charge on any atom is 0.0628 e. The van der Waals surface area contributed by atoms with Gasteiger partial charge in [0, 0.05) is 13.0 Å². The van der Waals surface area contributed by atoms with Gasteiger partial charge in [-0.2, -0.15) is 5.26 Å². The van der Waals surface area contributed by atoms with Crippen molar-refractivity contribution in [1.29, 1.82) is 5.26 Å². The molecule has 2 heteroatoms. The van der Waals surface area contributed by atoms with Crippen LogP contribution in [0.2, 0.25) is 0 Å². The summed E-state index contributed by atoms with van der Waals surface area (Å²) in [6.45, 7) is 4.56. The molecule has 0 bridgehead atoms. The number of rotatable bonds is 7. The molecule has 1 aliphatic carbocycles. The zero-order chi connectivity index (χ0) is 10.4. The number of nitrogens with zero attached hydrogens (tertiary/aromatic N) is 2. The number of hydrogen-bond donors (Lipinski definition) is 0. The summed E-state index contributed by atoms with van der Waals surface area (Å²) in [5, 5.41) is 8.70. The SMILES string of the molecule is CCCCCN(C)CC1(CC#N)CC1. The van der Waals surface area contributed by atoms with Crippen molar-refractivity contribution in [1.82, 2.24) is 4.90 Å². The van der Waals surface area contributed by atoms with Crippen LogP contribution in [0.1, 0.15) is 45.4 Å². The average Bonchev–Trinajstić information content (AvgIpc) is 2.86. The second-order valence-electron chi connectivity index (χ2n) is 4.78. The lowest BCUT2D eigenvalue weighted by Gasteiger charge is -2.21. The molecule has 14 heavy (non-hydrogen) atoms. The Hall–Kier alpha value is -0.550. The minimum Gasteiger partial charge on any atom is -0.306 e. The van der Waals surface area contributed by atoms with Gasteiger partial charge >= 0.3 is 0 Å². The smallest absolute Gasteiger partial charge is 0.0628 e. The van der Waals surface area contributed by atoms with Crippen LogP contribution in [0.5, 0.6) is 0 Å². The van der Waals surface area contributed by atoms with E-state index in [9.17, 15) is 0 Å². The monoisotopic (exact) mass is 194 g/mol. The fourth-order valence-electron chi connectivity index (χ4n) is 2.02. The van der Waals surface area contributed by atoms with E-state index in [1.807, 2.05) is 0 Å². The topological polar surface area (TPSA) is 27.0 Å². The molecule has 2 nitrogen and oxygen atoms in total. The van der Waals surface area contributed by atoms with Crippen LogP contribution in [0.15, 0.2) is 0 Å². The zero-order valence-electron chi connectivity index (χ0n) is 9.55. The van der Waals surface area contributed by atoms with E-state index in [1.165, 1.54) is 38.6 Å². The normalized spacial score (nSPS) is 18.1. The molecule has 1 saturated carbocycles. The van der Waals surface area contributed by atoms with Gasteiger partial charge in [-0.3, -0.25) is 0 Å². The molecule has 1 rings (SSSR count). The molecule has 0 aromatic carbocycles. The fourth-order valence-corrected chi connectivity index (χ4v) is 2.02. The second kappa shape index (κ2) is 5.36. The molecule has 0 aromatic rings. The van der Waals surface area contributed by atoms with Crippen molar-refractivity contribution in [3.05, 3.63) is 0 Å². The van der Waals surface area contributed by atoms with Gasteiger partial charge in [0.1, 0.15) is 0 Å². The van der Waals surface area contributed by atoms with Gasteiger partial charge in [0.15, 0.2) is 0 Å². The van der Waals surface area contributed by atoms with E-state index in [0.717, 1.165) is 13.0 Å².